The van der Waals surface area contributed by atoms with Crippen molar-refractivity contribution in [1.82, 2.24) is 0 Å². The van der Waals surface area contributed by atoms with Crippen LogP contribution in [0.15, 0.2) is 60.7 Å². The molecule has 0 aliphatic heterocycles. The molecule has 0 aliphatic rings. The maximum Gasteiger partial charge on any atom is 0.338 e. The van der Waals surface area contributed by atoms with E-state index in [1.807, 2.05) is 6.92 Å². The van der Waals surface area contributed by atoms with Crippen LogP contribution in [-0.2, 0) is 14.3 Å². The number of carbonyl (C=O) groups excluding carboxylic acids is 3. The first-order valence-electron chi connectivity index (χ1n) is 8.64. The van der Waals surface area contributed by atoms with E-state index in [9.17, 15) is 19.2 Å². The average Bonchev–Trinajstić information content (AvgIpc) is 2.71. The topological polar surface area (TPSA) is 119 Å². The van der Waals surface area contributed by atoms with Gasteiger partial charge in [-0.05, 0) is 55.5 Å². The number of carboxylic acids is 1. The van der Waals surface area contributed by atoms with Crippen LogP contribution in [0.5, 0.6) is 5.75 Å². The minimum atomic E-state index is -1.24. The van der Waals surface area contributed by atoms with Crippen LogP contribution in [-0.4, -0.2) is 41.9 Å². The van der Waals surface area contributed by atoms with Crippen molar-refractivity contribution in [3.05, 3.63) is 71.8 Å². The number of ketones is 1. The van der Waals surface area contributed by atoms with Crippen LogP contribution in [0.3, 0.4) is 0 Å². The average molecular weight is 397 g/mol. The number of nitrogens with one attached hydrogen (secondary N) is 1. The summed E-state index contributed by atoms with van der Waals surface area (Å²) in [5.74, 6) is -2.25. The molecule has 0 saturated heterocycles. The van der Waals surface area contributed by atoms with Crippen molar-refractivity contribution >= 4 is 29.3 Å². The van der Waals surface area contributed by atoms with Crippen LogP contribution in [0.1, 0.15) is 27.6 Å². The van der Waals surface area contributed by atoms with E-state index in [4.69, 9.17) is 14.6 Å². The summed E-state index contributed by atoms with van der Waals surface area (Å²) >= 11 is 0. The predicted octanol–water partition coefficient (Wildman–Crippen LogP) is 2.70. The van der Waals surface area contributed by atoms with Crippen LogP contribution in [0.2, 0.25) is 0 Å². The number of carbonyl (C=O) groups is 4. The van der Waals surface area contributed by atoms with E-state index in [1.165, 1.54) is 24.3 Å². The van der Waals surface area contributed by atoms with Gasteiger partial charge in [0.05, 0.1) is 12.2 Å². The summed E-state index contributed by atoms with van der Waals surface area (Å²) in [6, 6.07) is 12.3. The van der Waals surface area contributed by atoms with Crippen molar-refractivity contribution in [3.63, 3.8) is 0 Å². The second-order valence-corrected chi connectivity index (χ2v) is 5.69. The van der Waals surface area contributed by atoms with Gasteiger partial charge in [0.15, 0.2) is 12.4 Å². The van der Waals surface area contributed by atoms with E-state index in [1.54, 1.807) is 24.3 Å². The molecule has 0 heterocycles. The van der Waals surface area contributed by atoms with E-state index < -0.39 is 24.5 Å². The molecule has 2 aromatic rings. The lowest BCUT2D eigenvalue weighted by Crippen LogP contribution is -2.14. The number of carboxylic acid groups (broad SMARTS) is 1. The Kier molecular flexibility index (Phi) is 7.67. The highest BCUT2D eigenvalue weighted by molar-refractivity contribution is 6.03. The second-order valence-electron chi connectivity index (χ2n) is 5.69. The predicted molar refractivity (Wildman–Crippen MR) is 104 cm³/mol. The van der Waals surface area contributed by atoms with Crippen LogP contribution in [0.4, 0.5) is 5.69 Å². The molecular weight excluding hydrogens is 378 g/mol. The Labute approximate surface area is 166 Å². The molecule has 0 bridgehead atoms. The fraction of sp³-hybridized carbons (Fsp3) is 0.143. The summed E-state index contributed by atoms with van der Waals surface area (Å²) < 4.78 is 10.3. The molecule has 0 radical (unpaired) electrons. The molecule has 2 N–H and O–H groups in total. The van der Waals surface area contributed by atoms with Gasteiger partial charge in [-0.3, -0.25) is 9.59 Å². The number of anilines is 1. The summed E-state index contributed by atoms with van der Waals surface area (Å²) in [4.78, 5) is 46.1. The SMILES string of the molecule is CCOc1ccc(C(=O)COC(=O)c2ccc(NC(=O)/C=C/C(=O)O)cc2)cc1. The zero-order valence-electron chi connectivity index (χ0n) is 15.6. The van der Waals surface area contributed by atoms with Crippen molar-refractivity contribution in [2.75, 3.05) is 18.5 Å². The molecule has 2 rings (SSSR count). The van der Waals surface area contributed by atoms with Gasteiger partial charge in [-0.25, -0.2) is 9.59 Å². The number of ether oxygens (including phenoxy) is 2. The van der Waals surface area contributed by atoms with Crippen molar-refractivity contribution in [1.29, 1.82) is 0 Å². The molecule has 8 heteroatoms. The molecular formula is C21H19NO7. The van der Waals surface area contributed by atoms with Crippen LogP contribution >= 0.6 is 0 Å². The van der Waals surface area contributed by atoms with Gasteiger partial charge in [0.2, 0.25) is 5.91 Å². The molecule has 1 amide bonds. The third-order valence-corrected chi connectivity index (χ3v) is 3.59. The number of hydrogen-bond donors (Lipinski definition) is 2. The second kappa shape index (κ2) is 10.4. The van der Waals surface area contributed by atoms with E-state index in [0.717, 1.165) is 6.08 Å². The molecule has 29 heavy (non-hydrogen) atoms. The van der Waals surface area contributed by atoms with Crippen LogP contribution < -0.4 is 10.1 Å². The van der Waals surface area contributed by atoms with Crippen molar-refractivity contribution in [3.8, 4) is 5.75 Å². The molecule has 150 valence electrons. The fourth-order valence-electron chi connectivity index (χ4n) is 2.22. The molecule has 0 spiro atoms. The van der Waals surface area contributed by atoms with Crippen LogP contribution in [0, 0.1) is 0 Å². The Bertz CT molecular complexity index is 915. The standard InChI is InChI=1S/C21H19NO7/c1-2-28-17-9-5-14(6-10-17)18(23)13-29-21(27)15-3-7-16(8-4-15)22-19(24)11-12-20(25)26/h3-12H,2,13H2,1H3,(H,22,24)(H,25,26)/b12-11+. The first-order chi connectivity index (χ1) is 13.9. The highest BCUT2D eigenvalue weighted by Crippen LogP contribution is 2.14. The van der Waals surface area contributed by atoms with Crippen molar-refractivity contribution in [2.24, 2.45) is 0 Å². The summed E-state index contributed by atoms with van der Waals surface area (Å²) in [6.45, 7) is 1.97. The van der Waals surface area contributed by atoms with Crippen molar-refractivity contribution in [2.45, 2.75) is 6.92 Å². The van der Waals surface area contributed by atoms with Gasteiger partial charge in [-0.1, -0.05) is 0 Å². The molecule has 8 nitrogen and oxygen atoms in total. The fourth-order valence-corrected chi connectivity index (χ4v) is 2.22. The number of benzene rings is 2. The van der Waals surface area contributed by atoms with Gasteiger partial charge in [0.25, 0.3) is 0 Å². The number of hydrogen-bond acceptors (Lipinski definition) is 6. The highest BCUT2D eigenvalue weighted by atomic mass is 16.5. The van der Waals surface area contributed by atoms with Gasteiger partial charge in [-0.15, -0.1) is 0 Å². The summed E-state index contributed by atoms with van der Waals surface area (Å²) in [5, 5.41) is 10.9. The van der Waals surface area contributed by atoms with E-state index >= 15 is 0 Å². The zero-order chi connectivity index (χ0) is 21.2. The molecule has 0 aliphatic carbocycles. The first-order valence-corrected chi connectivity index (χ1v) is 8.64. The Hall–Kier alpha value is -3.94. The molecule has 0 saturated carbocycles. The van der Waals surface area contributed by atoms with Gasteiger partial charge in [-0.2, -0.15) is 0 Å². The van der Waals surface area contributed by atoms with Crippen molar-refractivity contribution < 1.29 is 33.8 Å². The van der Waals surface area contributed by atoms with Crippen LogP contribution in [0.25, 0.3) is 0 Å². The van der Waals surface area contributed by atoms with E-state index in [0.29, 0.717) is 29.7 Å². The maximum atomic E-state index is 12.1. The lowest BCUT2D eigenvalue weighted by atomic mass is 10.1. The number of amides is 1. The number of aliphatic carboxylic acids is 1. The summed E-state index contributed by atoms with van der Waals surface area (Å²) in [5.41, 5.74) is 0.962. The third-order valence-electron chi connectivity index (χ3n) is 3.59. The minimum Gasteiger partial charge on any atom is -0.494 e. The number of esters is 1. The van der Waals surface area contributed by atoms with Gasteiger partial charge >= 0.3 is 11.9 Å². The largest absolute Gasteiger partial charge is 0.494 e. The summed E-state index contributed by atoms with van der Waals surface area (Å²) in [6.07, 6.45) is 1.58. The quantitative estimate of drug-likeness (QED) is 0.379. The third kappa shape index (κ3) is 6.94. The Balaban J connectivity index is 1.88. The number of rotatable bonds is 9. The van der Waals surface area contributed by atoms with E-state index in [-0.39, 0.29) is 11.3 Å². The molecule has 0 fully saturated rings. The van der Waals surface area contributed by atoms with E-state index in [2.05, 4.69) is 5.32 Å². The molecule has 0 unspecified atom stereocenters. The smallest absolute Gasteiger partial charge is 0.338 e. The maximum absolute atomic E-state index is 12.1. The zero-order valence-corrected chi connectivity index (χ0v) is 15.6. The van der Waals surface area contributed by atoms with Gasteiger partial charge in [0, 0.05) is 23.4 Å². The van der Waals surface area contributed by atoms with Gasteiger partial charge < -0.3 is 19.9 Å². The Morgan fingerprint density at radius 3 is 2.14 bits per heavy atom. The monoisotopic (exact) mass is 397 g/mol. The Morgan fingerprint density at radius 1 is 0.931 bits per heavy atom. The van der Waals surface area contributed by atoms with Gasteiger partial charge in [0.1, 0.15) is 5.75 Å². The number of Topliss-reactive ketones (excluding diaryl/α,β-unsaturated/α-hetero) is 1. The highest BCUT2D eigenvalue weighted by Gasteiger charge is 2.12. The first kappa shape index (κ1) is 21.4. The minimum absolute atomic E-state index is 0.198. The molecule has 0 aromatic heterocycles. The molecule has 2 aromatic carbocycles. The lowest BCUT2D eigenvalue weighted by molar-refractivity contribution is -0.131. The normalized spacial score (nSPS) is 10.4. The summed E-state index contributed by atoms with van der Waals surface area (Å²) in [7, 11) is 0. The lowest BCUT2D eigenvalue weighted by Gasteiger charge is -2.07. The Morgan fingerprint density at radius 2 is 1.55 bits per heavy atom. The molecule has 0 atom stereocenters.